The number of nitriles is 1. The number of rotatable bonds is 3. The Labute approximate surface area is 92.7 Å². The molecule has 0 saturated carbocycles. The van der Waals surface area contributed by atoms with Crippen molar-refractivity contribution in [2.24, 2.45) is 14.1 Å². The fraction of sp³-hybridized carbons (Fsp3) is 0.500. The van der Waals surface area contributed by atoms with E-state index >= 15 is 0 Å². The summed E-state index contributed by atoms with van der Waals surface area (Å²) >= 11 is 0. The lowest BCUT2D eigenvalue weighted by atomic mass is 10.2. The van der Waals surface area contributed by atoms with Crippen LogP contribution in [0.15, 0.2) is 15.7 Å². The van der Waals surface area contributed by atoms with Crippen LogP contribution in [0, 0.1) is 11.3 Å². The normalized spacial score (nSPS) is 11.9. The van der Waals surface area contributed by atoms with Crippen molar-refractivity contribution >= 4 is 5.82 Å². The van der Waals surface area contributed by atoms with Gasteiger partial charge in [-0.25, -0.2) is 4.79 Å². The van der Waals surface area contributed by atoms with E-state index in [0.29, 0.717) is 12.2 Å². The third-order valence-corrected chi connectivity index (χ3v) is 2.32. The van der Waals surface area contributed by atoms with Crippen LogP contribution in [0.3, 0.4) is 0 Å². The summed E-state index contributed by atoms with van der Waals surface area (Å²) in [5.74, 6) is 0.427. The van der Waals surface area contributed by atoms with Crippen molar-refractivity contribution in [1.29, 1.82) is 5.26 Å². The van der Waals surface area contributed by atoms with Crippen molar-refractivity contribution < 1.29 is 0 Å². The molecule has 1 unspecified atom stereocenters. The first-order chi connectivity index (χ1) is 7.47. The summed E-state index contributed by atoms with van der Waals surface area (Å²) in [6.07, 6.45) is 0.309. The van der Waals surface area contributed by atoms with E-state index in [1.807, 2.05) is 13.0 Å². The maximum Gasteiger partial charge on any atom is 0.332 e. The Kier molecular flexibility index (Phi) is 3.51. The first kappa shape index (κ1) is 12.0. The zero-order chi connectivity index (χ0) is 12.3. The molecule has 1 N–H and O–H groups in total. The van der Waals surface area contributed by atoms with Gasteiger partial charge in [-0.3, -0.25) is 13.9 Å². The first-order valence-electron chi connectivity index (χ1n) is 4.88. The summed E-state index contributed by atoms with van der Waals surface area (Å²) in [5, 5.41) is 11.5. The highest BCUT2D eigenvalue weighted by molar-refractivity contribution is 5.35. The second-order valence-corrected chi connectivity index (χ2v) is 3.68. The molecule has 1 aromatic heterocycles. The average molecular weight is 222 g/mol. The van der Waals surface area contributed by atoms with Crippen LogP contribution in [0.1, 0.15) is 13.3 Å². The van der Waals surface area contributed by atoms with Crippen molar-refractivity contribution in [3.05, 3.63) is 26.9 Å². The summed E-state index contributed by atoms with van der Waals surface area (Å²) in [4.78, 5) is 23.0. The third-order valence-electron chi connectivity index (χ3n) is 2.32. The van der Waals surface area contributed by atoms with Gasteiger partial charge < -0.3 is 5.32 Å². The minimum Gasteiger partial charge on any atom is -0.368 e. The monoisotopic (exact) mass is 222 g/mol. The standard InChI is InChI=1S/C10H14N4O2/c1-7(4-5-11)12-8-6-9(15)14(3)10(16)13(8)2/h6-7,12H,4H2,1-3H3. The Morgan fingerprint density at radius 1 is 1.44 bits per heavy atom. The predicted octanol–water partition coefficient (Wildman–Crippen LogP) is -0.202. The fourth-order valence-electron chi connectivity index (χ4n) is 1.31. The lowest BCUT2D eigenvalue weighted by Gasteiger charge is -2.15. The molecule has 0 amide bonds. The van der Waals surface area contributed by atoms with Crippen LogP contribution in [0.5, 0.6) is 0 Å². The average Bonchev–Trinajstić information content (AvgIpc) is 2.23. The maximum atomic E-state index is 11.6. The Hall–Kier alpha value is -2.03. The van der Waals surface area contributed by atoms with Crippen LogP contribution in [-0.2, 0) is 14.1 Å². The molecule has 0 fully saturated rings. The Morgan fingerprint density at radius 3 is 2.62 bits per heavy atom. The zero-order valence-corrected chi connectivity index (χ0v) is 9.52. The second kappa shape index (κ2) is 4.66. The SMILES string of the molecule is CC(CC#N)Nc1cc(=O)n(C)c(=O)n1C. The smallest absolute Gasteiger partial charge is 0.332 e. The van der Waals surface area contributed by atoms with Crippen LogP contribution in [0.4, 0.5) is 5.82 Å². The summed E-state index contributed by atoms with van der Waals surface area (Å²) < 4.78 is 2.37. The molecule has 6 nitrogen and oxygen atoms in total. The van der Waals surface area contributed by atoms with Gasteiger partial charge in [0.15, 0.2) is 0 Å². The molecule has 0 aromatic carbocycles. The molecule has 6 heteroatoms. The number of nitrogens with one attached hydrogen (secondary N) is 1. The van der Waals surface area contributed by atoms with Crippen LogP contribution >= 0.6 is 0 Å². The van der Waals surface area contributed by atoms with Crippen molar-refractivity contribution in [3.63, 3.8) is 0 Å². The molecule has 0 aliphatic carbocycles. The Balaban J connectivity index is 3.13. The van der Waals surface area contributed by atoms with Crippen LogP contribution in [0.25, 0.3) is 0 Å². The number of nitrogens with zero attached hydrogens (tertiary/aromatic N) is 3. The fourth-order valence-corrected chi connectivity index (χ4v) is 1.31. The van der Waals surface area contributed by atoms with Gasteiger partial charge in [0, 0.05) is 26.2 Å². The molecular formula is C10H14N4O2. The molecule has 0 saturated heterocycles. The van der Waals surface area contributed by atoms with E-state index in [-0.39, 0.29) is 17.3 Å². The molecule has 1 heterocycles. The largest absolute Gasteiger partial charge is 0.368 e. The lowest BCUT2D eigenvalue weighted by molar-refractivity contribution is 0.678. The maximum absolute atomic E-state index is 11.6. The van der Waals surface area contributed by atoms with E-state index in [2.05, 4.69) is 5.32 Å². The van der Waals surface area contributed by atoms with Gasteiger partial charge in [-0.05, 0) is 6.92 Å². The number of aromatic nitrogens is 2. The van der Waals surface area contributed by atoms with Gasteiger partial charge in [0.2, 0.25) is 0 Å². The molecule has 0 radical (unpaired) electrons. The van der Waals surface area contributed by atoms with Crippen LogP contribution < -0.4 is 16.6 Å². The molecule has 1 atom stereocenters. The van der Waals surface area contributed by atoms with E-state index < -0.39 is 0 Å². The summed E-state index contributed by atoms with van der Waals surface area (Å²) in [5.41, 5.74) is -0.756. The summed E-state index contributed by atoms with van der Waals surface area (Å²) in [6, 6.07) is 3.25. The van der Waals surface area contributed by atoms with Gasteiger partial charge >= 0.3 is 5.69 Å². The molecule has 0 spiro atoms. The second-order valence-electron chi connectivity index (χ2n) is 3.68. The molecular weight excluding hydrogens is 208 g/mol. The summed E-state index contributed by atoms with van der Waals surface area (Å²) in [7, 11) is 3.00. The van der Waals surface area contributed by atoms with E-state index in [0.717, 1.165) is 4.57 Å². The quantitative estimate of drug-likeness (QED) is 0.768. The van der Waals surface area contributed by atoms with E-state index in [1.165, 1.54) is 17.7 Å². The van der Waals surface area contributed by atoms with E-state index in [9.17, 15) is 9.59 Å². The number of hydrogen-bond acceptors (Lipinski definition) is 4. The highest BCUT2D eigenvalue weighted by Crippen LogP contribution is 2.03. The highest BCUT2D eigenvalue weighted by Gasteiger charge is 2.08. The van der Waals surface area contributed by atoms with E-state index in [4.69, 9.17) is 5.26 Å². The number of anilines is 1. The minimum atomic E-state index is -0.390. The van der Waals surface area contributed by atoms with Crippen LogP contribution in [-0.4, -0.2) is 15.2 Å². The Morgan fingerprint density at radius 2 is 2.06 bits per heavy atom. The van der Waals surface area contributed by atoms with Gasteiger partial charge in [0.05, 0.1) is 12.5 Å². The molecule has 1 aromatic rings. The van der Waals surface area contributed by atoms with E-state index in [1.54, 1.807) is 7.05 Å². The molecule has 0 aliphatic rings. The van der Waals surface area contributed by atoms with Gasteiger partial charge in [-0.2, -0.15) is 5.26 Å². The Bertz CT molecular complexity index is 535. The third kappa shape index (κ3) is 2.31. The molecule has 0 bridgehead atoms. The zero-order valence-electron chi connectivity index (χ0n) is 9.52. The number of hydrogen-bond donors (Lipinski definition) is 1. The lowest BCUT2D eigenvalue weighted by Crippen LogP contribution is -2.38. The molecule has 86 valence electrons. The molecule has 0 aliphatic heterocycles. The van der Waals surface area contributed by atoms with Crippen molar-refractivity contribution in [2.75, 3.05) is 5.32 Å². The van der Waals surface area contributed by atoms with Gasteiger partial charge in [-0.1, -0.05) is 0 Å². The van der Waals surface area contributed by atoms with Gasteiger partial charge in [-0.15, -0.1) is 0 Å². The molecule has 16 heavy (non-hydrogen) atoms. The first-order valence-corrected chi connectivity index (χ1v) is 4.88. The van der Waals surface area contributed by atoms with Crippen LogP contribution in [0.2, 0.25) is 0 Å². The topological polar surface area (TPSA) is 79.8 Å². The van der Waals surface area contributed by atoms with Crippen molar-refractivity contribution in [1.82, 2.24) is 9.13 Å². The van der Waals surface area contributed by atoms with Gasteiger partial charge in [0.25, 0.3) is 5.56 Å². The predicted molar refractivity (Wildman–Crippen MR) is 60.2 cm³/mol. The summed E-state index contributed by atoms with van der Waals surface area (Å²) in [6.45, 7) is 1.81. The highest BCUT2D eigenvalue weighted by atomic mass is 16.2. The van der Waals surface area contributed by atoms with Gasteiger partial charge in [0.1, 0.15) is 5.82 Å². The van der Waals surface area contributed by atoms with Crippen molar-refractivity contribution in [3.8, 4) is 6.07 Å². The molecule has 1 rings (SSSR count). The van der Waals surface area contributed by atoms with Crippen molar-refractivity contribution in [2.45, 2.75) is 19.4 Å². The minimum absolute atomic E-state index is 0.109.